The molecule has 88 valence electrons. The molecule has 0 radical (unpaired) electrons. The molecule has 1 fully saturated rings. The van der Waals surface area contributed by atoms with E-state index in [1.807, 2.05) is 35.8 Å². The maximum Gasteiger partial charge on any atom is 0.0604 e. The summed E-state index contributed by atoms with van der Waals surface area (Å²) in [4.78, 5) is 4.16. The molecule has 3 unspecified atom stereocenters. The van der Waals surface area contributed by atoms with Crippen LogP contribution in [0.1, 0.15) is 18.5 Å². The van der Waals surface area contributed by atoms with Gasteiger partial charge in [0, 0.05) is 34.4 Å². The van der Waals surface area contributed by atoms with Gasteiger partial charge in [-0.25, -0.2) is 0 Å². The molecule has 1 aromatic heterocycles. The predicted octanol–water partition coefficient (Wildman–Crippen LogP) is 1.82. The van der Waals surface area contributed by atoms with E-state index >= 15 is 0 Å². The van der Waals surface area contributed by atoms with Crippen LogP contribution in [-0.2, 0) is 0 Å². The number of aromatic nitrogens is 1. The Morgan fingerprint density at radius 1 is 1.50 bits per heavy atom. The molecule has 0 bridgehead atoms. The molecule has 0 amide bonds. The van der Waals surface area contributed by atoms with Crippen molar-refractivity contribution < 1.29 is 0 Å². The third kappa shape index (κ3) is 2.71. The van der Waals surface area contributed by atoms with Gasteiger partial charge in [-0.1, -0.05) is 13.0 Å². The average molecular weight is 255 g/mol. The first-order chi connectivity index (χ1) is 7.83. The third-order valence-electron chi connectivity index (χ3n) is 2.79. The van der Waals surface area contributed by atoms with Gasteiger partial charge >= 0.3 is 0 Å². The van der Waals surface area contributed by atoms with Gasteiger partial charge in [0.2, 0.25) is 0 Å². The number of thioether (sulfide) groups is 2. The van der Waals surface area contributed by atoms with Crippen LogP contribution in [0, 0.1) is 0 Å². The zero-order valence-corrected chi connectivity index (χ0v) is 10.9. The van der Waals surface area contributed by atoms with E-state index in [4.69, 9.17) is 5.84 Å². The topological polar surface area (TPSA) is 50.9 Å². The highest BCUT2D eigenvalue weighted by atomic mass is 32.2. The van der Waals surface area contributed by atoms with Gasteiger partial charge in [0.25, 0.3) is 0 Å². The lowest BCUT2D eigenvalue weighted by Gasteiger charge is -2.34. The average Bonchev–Trinajstić information content (AvgIpc) is 2.34. The highest BCUT2D eigenvalue weighted by Gasteiger charge is 2.30. The lowest BCUT2D eigenvalue weighted by Crippen LogP contribution is -2.40. The summed E-state index contributed by atoms with van der Waals surface area (Å²) in [7, 11) is 0. The van der Waals surface area contributed by atoms with E-state index in [9.17, 15) is 0 Å². The van der Waals surface area contributed by atoms with Gasteiger partial charge in [0.15, 0.2) is 0 Å². The summed E-state index contributed by atoms with van der Waals surface area (Å²) in [6.45, 7) is 2.28. The number of nitrogens with one attached hydrogen (secondary N) is 1. The smallest absolute Gasteiger partial charge is 0.0604 e. The number of rotatable bonds is 3. The van der Waals surface area contributed by atoms with Crippen LogP contribution in [0.3, 0.4) is 0 Å². The molecule has 2 heterocycles. The van der Waals surface area contributed by atoms with Crippen LogP contribution in [0.25, 0.3) is 0 Å². The Kier molecular flexibility index (Phi) is 4.52. The number of nitrogens with two attached hydrogens (primary N) is 1. The van der Waals surface area contributed by atoms with E-state index < -0.39 is 0 Å². The number of pyridine rings is 1. The fourth-order valence-electron chi connectivity index (χ4n) is 1.96. The summed E-state index contributed by atoms with van der Waals surface area (Å²) in [5, 5.41) is 1.15. The second-order valence-corrected chi connectivity index (χ2v) is 6.61. The molecular weight excluding hydrogens is 238 g/mol. The highest BCUT2D eigenvalue weighted by Crippen LogP contribution is 2.37. The van der Waals surface area contributed by atoms with Crippen LogP contribution in [-0.4, -0.2) is 27.0 Å². The van der Waals surface area contributed by atoms with Crippen molar-refractivity contribution in [3.05, 3.63) is 30.1 Å². The Balaban J connectivity index is 2.15. The lowest BCUT2D eigenvalue weighted by molar-refractivity contribution is 0.525. The molecule has 0 aromatic carbocycles. The molecule has 0 saturated carbocycles. The van der Waals surface area contributed by atoms with E-state index in [0.29, 0.717) is 10.5 Å². The Labute approximate surface area is 105 Å². The molecule has 1 aromatic rings. The molecule has 1 saturated heterocycles. The molecule has 5 heteroatoms. The maximum atomic E-state index is 5.70. The van der Waals surface area contributed by atoms with Crippen LogP contribution in [0.15, 0.2) is 24.5 Å². The van der Waals surface area contributed by atoms with E-state index in [2.05, 4.69) is 23.4 Å². The minimum absolute atomic E-state index is 0.196. The molecule has 0 aliphatic carbocycles. The number of hydrazine groups is 1. The van der Waals surface area contributed by atoms with E-state index in [-0.39, 0.29) is 6.04 Å². The Hall–Kier alpha value is -0.230. The van der Waals surface area contributed by atoms with Crippen molar-refractivity contribution in [2.45, 2.75) is 23.5 Å². The fraction of sp³-hybridized carbons (Fsp3) is 0.545. The second-order valence-electron chi connectivity index (χ2n) is 3.84. The van der Waals surface area contributed by atoms with Crippen molar-refractivity contribution in [2.75, 3.05) is 11.5 Å². The lowest BCUT2D eigenvalue weighted by atomic mass is 10.0. The zero-order valence-electron chi connectivity index (χ0n) is 9.30. The standard InChI is InChI=1S/C11H17N3S2/c1-8-11(16-6-5-15-8)10(14-12)9-3-2-4-13-7-9/h2-4,7-8,10-11,14H,5-6,12H2,1H3. The van der Waals surface area contributed by atoms with Crippen LogP contribution in [0.2, 0.25) is 0 Å². The molecular formula is C11H17N3S2. The molecule has 3 atom stereocenters. The van der Waals surface area contributed by atoms with Crippen molar-refractivity contribution in [3.63, 3.8) is 0 Å². The van der Waals surface area contributed by atoms with E-state index in [1.165, 1.54) is 17.1 Å². The van der Waals surface area contributed by atoms with Crippen molar-refractivity contribution in [2.24, 2.45) is 5.84 Å². The monoisotopic (exact) mass is 255 g/mol. The molecule has 2 rings (SSSR count). The van der Waals surface area contributed by atoms with Crippen LogP contribution in [0.5, 0.6) is 0 Å². The van der Waals surface area contributed by atoms with E-state index in [0.717, 1.165) is 0 Å². The molecule has 0 spiro atoms. The van der Waals surface area contributed by atoms with Crippen molar-refractivity contribution in [3.8, 4) is 0 Å². The maximum absolute atomic E-state index is 5.70. The van der Waals surface area contributed by atoms with Gasteiger partial charge < -0.3 is 0 Å². The van der Waals surface area contributed by atoms with Crippen molar-refractivity contribution >= 4 is 23.5 Å². The summed E-state index contributed by atoms with van der Waals surface area (Å²) in [6, 6.07) is 4.25. The molecule has 1 aliphatic rings. The first kappa shape index (κ1) is 12.2. The SMILES string of the molecule is CC1SCCSC1C(NN)c1cccnc1. The van der Waals surface area contributed by atoms with Crippen LogP contribution >= 0.6 is 23.5 Å². The Bertz CT molecular complexity index is 320. The first-order valence-electron chi connectivity index (χ1n) is 5.42. The van der Waals surface area contributed by atoms with Crippen molar-refractivity contribution in [1.82, 2.24) is 10.4 Å². The molecule has 3 nitrogen and oxygen atoms in total. The Morgan fingerprint density at radius 3 is 2.94 bits per heavy atom. The zero-order chi connectivity index (χ0) is 11.4. The van der Waals surface area contributed by atoms with Gasteiger partial charge in [0.05, 0.1) is 6.04 Å². The quantitative estimate of drug-likeness (QED) is 0.637. The van der Waals surface area contributed by atoms with Gasteiger partial charge in [0.1, 0.15) is 0 Å². The number of hydrogen-bond acceptors (Lipinski definition) is 5. The Morgan fingerprint density at radius 2 is 2.31 bits per heavy atom. The molecule has 1 aliphatic heterocycles. The molecule has 16 heavy (non-hydrogen) atoms. The predicted molar refractivity (Wildman–Crippen MR) is 72.5 cm³/mol. The highest BCUT2D eigenvalue weighted by molar-refractivity contribution is 8.07. The third-order valence-corrected chi connectivity index (χ3v) is 5.98. The number of hydrogen-bond donors (Lipinski definition) is 2. The summed E-state index contributed by atoms with van der Waals surface area (Å²) >= 11 is 4.04. The van der Waals surface area contributed by atoms with Crippen LogP contribution < -0.4 is 11.3 Å². The van der Waals surface area contributed by atoms with Crippen molar-refractivity contribution in [1.29, 1.82) is 0 Å². The van der Waals surface area contributed by atoms with Gasteiger partial charge in [-0.15, -0.1) is 0 Å². The summed E-state index contributed by atoms with van der Waals surface area (Å²) in [5.41, 5.74) is 4.12. The van der Waals surface area contributed by atoms with Gasteiger partial charge in [-0.3, -0.25) is 16.3 Å². The largest absolute Gasteiger partial charge is 0.271 e. The number of nitrogens with zero attached hydrogens (tertiary/aromatic N) is 1. The van der Waals surface area contributed by atoms with Gasteiger partial charge in [-0.05, 0) is 11.6 Å². The first-order valence-corrected chi connectivity index (χ1v) is 7.52. The minimum atomic E-state index is 0.196. The minimum Gasteiger partial charge on any atom is -0.271 e. The summed E-state index contributed by atoms with van der Waals surface area (Å²) < 4.78 is 0. The summed E-state index contributed by atoms with van der Waals surface area (Å²) in [6.07, 6.45) is 3.69. The van der Waals surface area contributed by atoms with Crippen LogP contribution in [0.4, 0.5) is 0 Å². The normalized spacial score (nSPS) is 27.6. The summed E-state index contributed by atoms with van der Waals surface area (Å²) in [5.74, 6) is 8.15. The fourth-order valence-corrected chi connectivity index (χ4v) is 4.89. The molecule has 3 N–H and O–H groups in total. The second kappa shape index (κ2) is 5.91. The van der Waals surface area contributed by atoms with E-state index in [1.54, 1.807) is 6.20 Å². The van der Waals surface area contributed by atoms with Gasteiger partial charge in [-0.2, -0.15) is 23.5 Å².